The molecular weight excluding hydrogens is 538 g/mol. The highest BCUT2D eigenvalue weighted by Crippen LogP contribution is 2.66. The van der Waals surface area contributed by atoms with Crippen molar-refractivity contribution in [2.24, 2.45) is 5.41 Å². The predicted octanol–water partition coefficient (Wildman–Crippen LogP) is 4.74. The molecular formula is C32H27N3O7. The maximum Gasteiger partial charge on any atom is 0.334 e. The molecule has 0 unspecified atom stereocenters. The van der Waals surface area contributed by atoms with Crippen molar-refractivity contribution in [2.75, 3.05) is 18.1 Å². The van der Waals surface area contributed by atoms with E-state index in [9.17, 15) is 25.0 Å². The molecule has 1 spiro atoms. The maximum absolute atomic E-state index is 15.0. The third-order valence-electron chi connectivity index (χ3n) is 7.85. The van der Waals surface area contributed by atoms with Gasteiger partial charge in [-0.25, -0.2) is 9.59 Å². The van der Waals surface area contributed by atoms with Crippen LogP contribution in [0.15, 0.2) is 90.5 Å². The van der Waals surface area contributed by atoms with Crippen LogP contribution in [0.3, 0.4) is 0 Å². The lowest BCUT2D eigenvalue weighted by Crippen LogP contribution is -2.56. The summed E-state index contributed by atoms with van der Waals surface area (Å²) in [6.45, 7) is 3.25. The van der Waals surface area contributed by atoms with E-state index in [4.69, 9.17) is 9.47 Å². The summed E-state index contributed by atoms with van der Waals surface area (Å²) in [7, 11) is 0. The lowest BCUT2D eigenvalue weighted by molar-refractivity contribution is -0.384. The van der Waals surface area contributed by atoms with Gasteiger partial charge in [-0.05, 0) is 42.7 Å². The number of esters is 2. The fraction of sp³-hybridized carbons (Fsp3) is 0.250. The molecule has 1 heterocycles. The van der Waals surface area contributed by atoms with E-state index < -0.39 is 39.5 Å². The van der Waals surface area contributed by atoms with Crippen molar-refractivity contribution in [1.29, 1.82) is 5.26 Å². The minimum atomic E-state index is -2.27. The first kappa shape index (κ1) is 28.2. The first-order valence-corrected chi connectivity index (χ1v) is 13.4. The van der Waals surface area contributed by atoms with E-state index in [2.05, 4.69) is 6.07 Å². The fourth-order valence-electron chi connectivity index (χ4n) is 6.19. The summed E-state index contributed by atoms with van der Waals surface area (Å²) < 4.78 is 10.8. The molecule has 42 heavy (non-hydrogen) atoms. The number of benzene rings is 3. The van der Waals surface area contributed by atoms with E-state index in [0.29, 0.717) is 16.8 Å². The van der Waals surface area contributed by atoms with Crippen LogP contribution in [0, 0.1) is 26.9 Å². The van der Waals surface area contributed by atoms with Crippen molar-refractivity contribution in [3.05, 3.63) is 117 Å². The Morgan fingerprint density at radius 1 is 0.976 bits per heavy atom. The number of non-ortho nitro benzene ring substituents is 1. The van der Waals surface area contributed by atoms with Gasteiger partial charge in [-0.1, -0.05) is 60.7 Å². The highest BCUT2D eigenvalue weighted by atomic mass is 16.6. The zero-order valence-electron chi connectivity index (χ0n) is 23.0. The van der Waals surface area contributed by atoms with E-state index in [1.807, 2.05) is 30.3 Å². The normalized spacial score (nSPS) is 22.3. The fourth-order valence-corrected chi connectivity index (χ4v) is 6.19. The zero-order chi connectivity index (χ0) is 30.1. The minimum Gasteiger partial charge on any atom is -0.465 e. The quantitative estimate of drug-likeness (QED) is 0.217. The van der Waals surface area contributed by atoms with Crippen LogP contribution in [-0.2, 0) is 35.8 Å². The number of rotatable bonds is 8. The number of nitro benzene ring substituents is 1. The number of fused-ring (bicyclic) bond motifs is 2. The summed E-state index contributed by atoms with van der Waals surface area (Å²) in [6.07, 6.45) is 1.20. The van der Waals surface area contributed by atoms with Gasteiger partial charge in [0.25, 0.3) is 5.69 Å². The Hall–Kier alpha value is -5.30. The van der Waals surface area contributed by atoms with Gasteiger partial charge < -0.3 is 14.4 Å². The molecule has 0 radical (unpaired) electrons. The van der Waals surface area contributed by atoms with Crippen molar-refractivity contribution < 1.29 is 28.8 Å². The van der Waals surface area contributed by atoms with Crippen LogP contribution in [0.4, 0.5) is 11.4 Å². The van der Waals surface area contributed by atoms with E-state index in [0.717, 1.165) is 5.56 Å². The molecule has 1 amide bonds. The molecule has 0 saturated heterocycles. The number of amides is 1. The summed E-state index contributed by atoms with van der Waals surface area (Å²) in [5, 5.41) is 22.3. The van der Waals surface area contributed by atoms with E-state index in [-0.39, 0.29) is 31.0 Å². The lowest BCUT2D eigenvalue weighted by atomic mass is 9.57. The van der Waals surface area contributed by atoms with Gasteiger partial charge in [0, 0.05) is 29.3 Å². The SMILES string of the molecule is CCOC(=O)C1=C[C@](C#N)(C(=O)OCC)[C@]2(C(=O)N(Cc3ccccc3)c3ccccc32)[C@@H]1c1ccc([N+](=O)[O-])cc1. The highest BCUT2D eigenvalue weighted by molar-refractivity contribution is 6.16. The van der Waals surface area contributed by atoms with Crippen LogP contribution in [0.25, 0.3) is 0 Å². The Morgan fingerprint density at radius 2 is 1.62 bits per heavy atom. The Balaban J connectivity index is 1.85. The number of carbonyl (C=O) groups excluding carboxylic acids is 3. The second kappa shape index (κ2) is 10.9. The average molecular weight is 566 g/mol. The molecule has 0 N–H and O–H groups in total. The van der Waals surface area contributed by atoms with Gasteiger partial charge in [-0.3, -0.25) is 14.9 Å². The molecule has 0 bridgehead atoms. The van der Waals surface area contributed by atoms with Crippen LogP contribution in [0.2, 0.25) is 0 Å². The smallest absolute Gasteiger partial charge is 0.334 e. The Bertz CT molecular complexity index is 1640. The number of nitro groups is 1. The second-order valence-electron chi connectivity index (χ2n) is 9.94. The largest absolute Gasteiger partial charge is 0.465 e. The third-order valence-corrected chi connectivity index (χ3v) is 7.85. The van der Waals surface area contributed by atoms with Gasteiger partial charge in [0.15, 0.2) is 5.41 Å². The first-order valence-electron chi connectivity index (χ1n) is 13.4. The van der Waals surface area contributed by atoms with Crippen molar-refractivity contribution in [2.45, 2.75) is 31.7 Å². The number of carbonyl (C=O) groups is 3. The molecule has 10 heteroatoms. The number of anilines is 1. The van der Waals surface area contributed by atoms with Gasteiger partial charge in [-0.15, -0.1) is 0 Å². The number of ether oxygens (including phenoxy) is 2. The van der Waals surface area contributed by atoms with Crippen LogP contribution in [-0.4, -0.2) is 36.0 Å². The molecule has 10 nitrogen and oxygen atoms in total. The Labute approximate surface area is 241 Å². The van der Waals surface area contributed by atoms with Gasteiger partial charge in [0.2, 0.25) is 5.91 Å². The number of hydrogen-bond acceptors (Lipinski definition) is 8. The van der Waals surface area contributed by atoms with Gasteiger partial charge in [0.1, 0.15) is 5.41 Å². The number of nitrogens with zero attached hydrogens (tertiary/aromatic N) is 3. The lowest BCUT2D eigenvalue weighted by Gasteiger charge is -2.40. The van der Waals surface area contributed by atoms with Gasteiger partial charge >= 0.3 is 11.9 Å². The summed E-state index contributed by atoms with van der Waals surface area (Å²) >= 11 is 0. The summed E-state index contributed by atoms with van der Waals surface area (Å²) in [6, 6.07) is 23.6. The monoisotopic (exact) mass is 565 g/mol. The Kier molecular flexibility index (Phi) is 7.35. The van der Waals surface area contributed by atoms with E-state index in [1.54, 1.807) is 38.1 Å². The summed E-state index contributed by atoms with van der Waals surface area (Å²) in [5.74, 6) is -3.59. The van der Waals surface area contributed by atoms with E-state index >= 15 is 4.79 Å². The topological polar surface area (TPSA) is 140 Å². The van der Waals surface area contributed by atoms with Crippen LogP contribution in [0.5, 0.6) is 0 Å². The molecule has 0 saturated carbocycles. The van der Waals surface area contributed by atoms with E-state index in [1.165, 1.54) is 35.2 Å². The molecule has 5 rings (SSSR count). The van der Waals surface area contributed by atoms with Crippen molar-refractivity contribution in [3.63, 3.8) is 0 Å². The molecule has 1 aliphatic carbocycles. The van der Waals surface area contributed by atoms with Crippen molar-refractivity contribution in [3.8, 4) is 6.07 Å². The molecule has 2 aliphatic rings. The molecule has 3 atom stereocenters. The van der Waals surface area contributed by atoms with Crippen LogP contribution in [0.1, 0.15) is 36.5 Å². The van der Waals surface area contributed by atoms with Crippen LogP contribution >= 0.6 is 0 Å². The highest BCUT2D eigenvalue weighted by Gasteiger charge is 2.75. The van der Waals surface area contributed by atoms with Gasteiger partial charge in [-0.2, -0.15) is 5.26 Å². The standard InChI is InChI=1S/C32H27N3O7/c1-3-41-28(36)24-18-31(20-33,30(38)42-4-2)32(27(24)22-14-16-23(17-15-22)35(39)40)25-12-8-9-13-26(25)34(29(32)37)19-21-10-6-5-7-11-21/h5-18,27H,3-4,19H2,1-2H3/t27-,31+,32+/m1/s1. The molecule has 0 aromatic heterocycles. The maximum atomic E-state index is 15.0. The summed E-state index contributed by atoms with van der Waals surface area (Å²) in [4.78, 5) is 54.9. The number of para-hydroxylation sites is 1. The molecule has 1 aliphatic heterocycles. The van der Waals surface area contributed by atoms with Crippen molar-refractivity contribution >= 4 is 29.2 Å². The molecule has 0 fully saturated rings. The van der Waals surface area contributed by atoms with Gasteiger partial charge in [0.05, 0.1) is 30.8 Å². The van der Waals surface area contributed by atoms with Crippen LogP contribution < -0.4 is 4.90 Å². The third kappa shape index (κ3) is 4.05. The zero-order valence-corrected chi connectivity index (χ0v) is 23.0. The number of nitriles is 1. The second-order valence-corrected chi connectivity index (χ2v) is 9.94. The average Bonchev–Trinajstić information content (AvgIpc) is 3.45. The Morgan fingerprint density at radius 3 is 2.24 bits per heavy atom. The number of hydrogen-bond donors (Lipinski definition) is 0. The molecule has 212 valence electrons. The summed E-state index contributed by atoms with van der Waals surface area (Å²) in [5.41, 5.74) is -2.57. The first-order chi connectivity index (χ1) is 20.3. The molecule has 3 aromatic carbocycles. The minimum absolute atomic E-state index is 0.000218. The molecule has 3 aromatic rings. The van der Waals surface area contributed by atoms with Crippen molar-refractivity contribution in [1.82, 2.24) is 0 Å². The predicted molar refractivity (Wildman–Crippen MR) is 151 cm³/mol.